The zero-order chi connectivity index (χ0) is 14.8. The molecule has 1 aromatic carbocycles. The van der Waals surface area contributed by atoms with Crippen LogP contribution in [-0.4, -0.2) is 10.1 Å². The van der Waals surface area contributed by atoms with Gasteiger partial charge in [-0.1, -0.05) is 6.07 Å². The van der Waals surface area contributed by atoms with Crippen molar-refractivity contribution in [2.24, 2.45) is 0 Å². The van der Waals surface area contributed by atoms with Gasteiger partial charge in [0.25, 0.3) is 0 Å². The molecule has 0 aliphatic rings. The molecule has 5 heteroatoms. The van der Waals surface area contributed by atoms with Crippen LogP contribution in [0.1, 0.15) is 11.3 Å². The Balaban J connectivity index is 1.97. The van der Waals surface area contributed by atoms with E-state index < -0.39 is 5.63 Å². The van der Waals surface area contributed by atoms with Crippen molar-refractivity contribution in [3.05, 3.63) is 64.3 Å². The van der Waals surface area contributed by atoms with Crippen LogP contribution in [-0.2, 0) is 6.61 Å². The van der Waals surface area contributed by atoms with Crippen molar-refractivity contribution in [1.29, 1.82) is 0 Å². The molecule has 2 aromatic heterocycles. The maximum Gasteiger partial charge on any atom is 0.339 e. The Morgan fingerprint density at radius 2 is 2.14 bits per heavy atom. The van der Waals surface area contributed by atoms with Crippen molar-refractivity contribution in [3.8, 4) is 11.5 Å². The molecule has 0 amide bonds. The highest BCUT2D eigenvalue weighted by Crippen LogP contribution is 2.31. The fourth-order valence-corrected chi connectivity index (χ4v) is 2.12. The maximum absolute atomic E-state index is 11.4. The van der Waals surface area contributed by atoms with Gasteiger partial charge in [-0.3, -0.25) is 4.98 Å². The second-order valence-corrected chi connectivity index (χ2v) is 4.63. The normalized spacial score (nSPS) is 10.7. The number of aromatic nitrogens is 1. The molecule has 0 fully saturated rings. The van der Waals surface area contributed by atoms with Crippen LogP contribution < -0.4 is 10.4 Å². The highest BCUT2D eigenvalue weighted by Gasteiger charge is 2.11. The Labute approximate surface area is 120 Å². The van der Waals surface area contributed by atoms with Gasteiger partial charge in [-0.05, 0) is 31.2 Å². The second kappa shape index (κ2) is 5.28. The van der Waals surface area contributed by atoms with Gasteiger partial charge < -0.3 is 14.3 Å². The Hall–Kier alpha value is -2.82. The molecule has 5 nitrogen and oxygen atoms in total. The molecule has 21 heavy (non-hydrogen) atoms. The minimum absolute atomic E-state index is 0.0966. The zero-order valence-electron chi connectivity index (χ0n) is 11.4. The van der Waals surface area contributed by atoms with E-state index >= 15 is 0 Å². The Morgan fingerprint density at radius 1 is 1.29 bits per heavy atom. The van der Waals surface area contributed by atoms with Crippen LogP contribution in [0, 0.1) is 6.92 Å². The SMILES string of the molecule is Cc1c(OCc2ccccn2)ccc2c(O)cc(=O)oc12. The third kappa shape index (κ3) is 2.58. The van der Waals surface area contributed by atoms with Gasteiger partial charge in [0.1, 0.15) is 23.7 Å². The topological polar surface area (TPSA) is 72.6 Å². The number of hydrogen-bond donors (Lipinski definition) is 1. The van der Waals surface area contributed by atoms with E-state index in [1.807, 2.05) is 18.2 Å². The second-order valence-electron chi connectivity index (χ2n) is 4.63. The summed E-state index contributed by atoms with van der Waals surface area (Å²) in [6.07, 6.45) is 1.70. The molecule has 0 aliphatic heterocycles. The summed E-state index contributed by atoms with van der Waals surface area (Å²) in [4.78, 5) is 15.5. The van der Waals surface area contributed by atoms with E-state index in [9.17, 15) is 9.90 Å². The molecule has 106 valence electrons. The molecule has 3 rings (SSSR count). The first-order valence-electron chi connectivity index (χ1n) is 6.44. The molecular weight excluding hydrogens is 270 g/mol. The summed E-state index contributed by atoms with van der Waals surface area (Å²) in [5, 5.41) is 10.2. The highest BCUT2D eigenvalue weighted by molar-refractivity contribution is 5.86. The average Bonchev–Trinajstić information content (AvgIpc) is 2.48. The first-order chi connectivity index (χ1) is 10.1. The van der Waals surface area contributed by atoms with Crippen LogP contribution in [0.5, 0.6) is 11.5 Å². The summed E-state index contributed by atoms with van der Waals surface area (Å²) in [5.41, 5.74) is 1.20. The molecule has 0 saturated heterocycles. The summed E-state index contributed by atoms with van der Waals surface area (Å²) < 4.78 is 10.9. The first kappa shape index (κ1) is 13.2. The van der Waals surface area contributed by atoms with Crippen molar-refractivity contribution in [3.63, 3.8) is 0 Å². The van der Waals surface area contributed by atoms with Crippen molar-refractivity contribution < 1.29 is 14.3 Å². The van der Waals surface area contributed by atoms with Crippen molar-refractivity contribution in [1.82, 2.24) is 4.98 Å². The van der Waals surface area contributed by atoms with Gasteiger partial charge in [-0.15, -0.1) is 0 Å². The number of aromatic hydroxyl groups is 1. The van der Waals surface area contributed by atoms with E-state index in [-0.39, 0.29) is 5.75 Å². The van der Waals surface area contributed by atoms with Crippen LogP contribution in [0.3, 0.4) is 0 Å². The lowest BCUT2D eigenvalue weighted by atomic mass is 10.1. The third-order valence-corrected chi connectivity index (χ3v) is 3.19. The Morgan fingerprint density at radius 3 is 2.90 bits per heavy atom. The quantitative estimate of drug-likeness (QED) is 0.748. The number of pyridine rings is 1. The van der Waals surface area contributed by atoms with E-state index in [0.29, 0.717) is 28.9 Å². The zero-order valence-corrected chi connectivity index (χ0v) is 11.4. The predicted octanol–water partition coefficient (Wildman–Crippen LogP) is 2.78. The Kier molecular flexibility index (Phi) is 3.31. The van der Waals surface area contributed by atoms with Gasteiger partial charge >= 0.3 is 5.63 Å². The smallest absolute Gasteiger partial charge is 0.339 e. The van der Waals surface area contributed by atoms with Crippen LogP contribution in [0.2, 0.25) is 0 Å². The van der Waals surface area contributed by atoms with E-state index in [4.69, 9.17) is 9.15 Å². The van der Waals surface area contributed by atoms with Gasteiger partial charge in [0.05, 0.1) is 17.1 Å². The molecule has 0 radical (unpaired) electrons. The van der Waals surface area contributed by atoms with Crippen LogP contribution in [0.15, 0.2) is 51.8 Å². The lowest BCUT2D eigenvalue weighted by Crippen LogP contribution is -2.01. The molecule has 0 spiro atoms. The number of fused-ring (bicyclic) bond motifs is 1. The van der Waals surface area contributed by atoms with Crippen LogP contribution in [0.25, 0.3) is 11.0 Å². The summed E-state index contributed by atoms with van der Waals surface area (Å²) in [6, 6.07) is 10.0. The van der Waals surface area contributed by atoms with Gasteiger partial charge in [0.2, 0.25) is 0 Å². The lowest BCUT2D eigenvalue weighted by molar-refractivity contribution is 0.299. The number of rotatable bonds is 3. The minimum Gasteiger partial charge on any atom is -0.507 e. The van der Waals surface area contributed by atoms with Gasteiger partial charge in [0.15, 0.2) is 0 Å². The van der Waals surface area contributed by atoms with Gasteiger partial charge in [0, 0.05) is 11.8 Å². The predicted molar refractivity (Wildman–Crippen MR) is 77.5 cm³/mol. The Bertz CT molecular complexity index is 840. The summed E-state index contributed by atoms with van der Waals surface area (Å²) in [5.74, 6) is 0.488. The molecule has 0 bridgehead atoms. The van der Waals surface area contributed by atoms with E-state index in [1.165, 1.54) is 0 Å². The number of benzene rings is 1. The lowest BCUT2D eigenvalue weighted by Gasteiger charge is -2.10. The largest absolute Gasteiger partial charge is 0.507 e. The van der Waals surface area contributed by atoms with Crippen LogP contribution in [0.4, 0.5) is 0 Å². The fourth-order valence-electron chi connectivity index (χ4n) is 2.12. The van der Waals surface area contributed by atoms with Gasteiger partial charge in [-0.2, -0.15) is 0 Å². The number of aryl methyl sites for hydroxylation is 1. The summed E-state index contributed by atoms with van der Waals surface area (Å²) in [7, 11) is 0. The maximum atomic E-state index is 11.4. The van der Waals surface area contributed by atoms with Crippen molar-refractivity contribution in [2.75, 3.05) is 0 Å². The van der Waals surface area contributed by atoms with E-state index in [1.54, 1.807) is 25.3 Å². The van der Waals surface area contributed by atoms with E-state index in [0.717, 1.165) is 11.8 Å². The molecule has 2 heterocycles. The molecule has 0 saturated carbocycles. The standard InChI is InChI=1S/C16H13NO4/c1-10-14(20-9-11-4-2-3-7-17-11)6-5-12-13(18)8-15(19)21-16(10)12/h2-8,18H,9H2,1H3. The third-order valence-electron chi connectivity index (χ3n) is 3.19. The molecule has 1 N–H and O–H groups in total. The first-order valence-corrected chi connectivity index (χ1v) is 6.44. The molecule has 0 unspecified atom stereocenters. The van der Waals surface area contributed by atoms with Crippen LogP contribution >= 0.6 is 0 Å². The monoisotopic (exact) mass is 283 g/mol. The van der Waals surface area contributed by atoms with E-state index in [2.05, 4.69) is 4.98 Å². The van der Waals surface area contributed by atoms with Crippen molar-refractivity contribution in [2.45, 2.75) is 13.5 Å². The summed E-state index contributed by atoms with van der Waals surface area (Å²) in [6.45, 7) is 2.09. The van der Waals surface area contributed by atoms with Gasteiger partial charge in [-0.25, -0.2) is 4.79 Å². The fraction of sp³-hybridized carbons (Fsp3) is 0.125. The number of nitrogens with zero attached hydrogens (tertiary/aromatic N) is 1. The van der Waals surface area contributed by atoms with Crippen molar-refractivity contribution >= 4 is 11.0 Å². The number of hydrogen-bond acceptors (Lipinski definition) is 5. The molecule has 0 atom stereocenters. The average molecular weight is 283 g/mol. The highest BCUT2D eigenvalue weighted by atomic mass is 16.5. The number of ether oxygens (including phenoxy) is 1. The molecule has 0 aliphatic carbocycles. The summed E-state index contributed by atoms with van der Waals surface area (Å²) >= 11 is 0. The molecular formula is C16H13NO4. The molecule has 3 aromatic rings. The minimum atomic E-state index is -0.593.